The normalized spacial score (nSPS) is 25.6. The molecular weight excluding hydrogens is 300 g/mol. The van der Waals surface area contributed by atoms with Crippen LogP contribution in [0, 0.1) is 31.1 Å². The summed E-state index contributed by atoms with van der Waals surface area (Å²) in [6, 6.07) is 4.40. The summed E-state index contributed by atoms with van der Waals surface area (Å²) in [6.45, 7) is 5.36. The van der Waals surface area contributed by atoms with Crippen molar-refractivity contribution < 1.29 is 4.79 Å². The highest BCUT2D eigenvalue weighted by atomic mass is 16.2. The van der Waals surface area contributed by atoms with Gasteiger partial charge in [-0.3, -0.25) is 10.1 Å². The van der Waals surface area contributed by atoms with Crippen molar-refractivity contribution in [2.45, 2.75) is 70.6 Å². The van der Waals surface area contributed by atoms with E-state index in [0.29, 0.717) is 18.4 Å². The molecule has 1 amide bonds. The van der Waals surface area contributed by atoms with Gasteiger partial charge in [-0.1, -0.05) is 12.8 Å². The van der Waals surface area contributed by atoms with E-state index in [1.165, 1.54) is 18.4 Å². The maximum absolute atomic E-state index is 13.2. The Morgan fingerprint density at radius 2 is 2.04 bits per heavy atom. The van der Waals surface area contributed by atoms with Gasteiger partial charge in [0.1, 0.15) is 12.7 Å². The lowest BCUT2D eigenvalue weighted by molar-refractivity contribution is -0.133. The van der Waals surface area contributed by atoms with E-state index in [1.54, 1.807) is 0 Å². The fourth-order valence-corrected chi connectivity index (χ4v) is 4.56. The maximum atomic E-state index is 13.2. The second kappa shape index (κ2) is 5.63. The fraction of sp³-hybridized carbons (Fsp3) is 0.684. The minimum absolute atomic E-state index is 0.0326. The average molecular weight is 326 g/mol. The molecule has 2 aliphatic carbocycles. The second-order valence-electron chi connectivity index (χ2n) is 7.81. The van der Waals surface area contributed by atoms with E-state index in [9.17, 15) is 4.79 Å². The molecule has 4 rings (SSSR count). The minimum Gasteiger partial charge on any atom is -0.335 e. The Labute approximate surface area is 143 Å². The highest BCUT2D eigenvalue weighted by molar-refractivity contribution is 5.89. The molecular formula is C19H26N4O. The van der Waals surface area contributed by atoms with E-state index in [-0.39, 0.29) is 11.7 Å². The Kier molecular flexibility index (Phi) is 3.69. The van der Waals surface area contributed by atoms with Crippen LogP contribution < -0.4 is 5.32 Å². The largest absolute Gasteiger partial charge is 0.335 e. The fourth-order valence-electron chi connectivity index (χ4n) is 4.56. The van der Waals surface area contributed by atoms with Crippen molar-refractivity contribution in [1.82, 2.24) is 14.8 Å². The van der Waals surface area contributed by atoms with Crippen LogP contribution in [0.25, 0.3) is 0 Å². The Morgan fingerprint density at radius 3 is 2.67 bits per heavy atom. The summed E-state index contributed by atoms with van der Waals surface area (Å²) in [6.07, 6.45) is 6.65. The van der Waals surface area contributed by atoms with Crippen LogP contribution >= 0.6 is 0 Å². The first-order chi connectivity index (χ1) is 11.6. The Bertz CT molecular complexity index is 704. The van der Waals surface area contributed by atoms with Gasteiger partial charge in [0, 0.05) is 23.5 Å². The first-order valence-corrected chi connectivity index (χ1v) is 9.18. The lowest BCUT2D eigenvalue weighted by atomic mass is 9.98. The van der Waals surface area contributed by atoms with E-state index in [1.807, 2.05) is 6.92 Å². The molecule has 1 unspecified atom stereocenters. The number of aryl methyl sites for hydroxylation is 1. The van der Waals surface area contributed by atoms with E-state index in [4.69, 9.17) is 5.26 Å². The third-order valence-electron chi connectivity index (χ3n) is 6.14. The zero-order valence-corrected chi connectivity index (χ0v) is 14.6. The molecule has 5 heteroatoms. The maximum Gasteiger partial charge on any atom is 0.244 e. The molecule has 0 radical (unpaired) electrons. The third-order valence-corrected chi connectivity index (χ3v) is 6.14. The SMILES string of the molecule is Cc1cc(C2NC3(CCCC3)C(=O)N2CC2CC2)c(C)n1CC#N. The van der Waals surface area contributed by atoms with Gasteiger partial charge in [-0.2, -0.15) is 5.26 Å². The molecule has 0 bridgehead atoms. The molecule has 1 atom stereocenters. The number of amides is 1. The molecule has 3 aliphatic rings. The van der Waals surface area contributed by atoms with Gasteiger partial charge in [0.15, 0.2) is 0 Å². The first kappa shape index (κ1) is 15.7. The lowest BCUT2D eigenvalue weighted by Gasteiger charge is -2.24. The van der Waals surface area contributed by atoms with E-state index < -0.39 is 0 Å². The molecule has 3 fully saturated rings. The number of rotatable bonds is 4. The van der Waals surface area contributed by atoms with Crippen molar-refractivity contribution in [3.05, 3.63) is 23.0 Å². The molecule has 1 N–H and O–H groups in total. The predicted molar refractivity (Wildman–Crippen MR) is 91.0 cm³/mol. The summed E-state index contributed by atoms with van der Waals surface area (Å²) in [4.78, 5) is 15.3. The van der Waals surface area contributed by atoms with Crippen molar-refractivity contribution >= 4 is 5.91 Å². The number of nitrogens with zero attached hydrogens (tertiary/aromatic N) is 3. The van der Waals surface area contributed by atoms with Gasteiger partial charge in [0.05, 0.1) is 11.6 Å². The van der Waals surface area contributed by atoms with Gasteiger partial charge < -0.3 is 9.47 Å². The number of nitrogens with one attached hydrogen (secondary N) is 1. The zero-order valence-electron chi connectivity index (χ0n) is 14.6. The molecule has 5 nitrogen and oxygen atoms in total. The predicted octanol–water partition coefficient (Wildman–Crippen LogP) is 2.78. The molecule has 2 heterocycles. The molecule has 1 spiro atoms. The highest BCUT2D eigenvalue weighted by Crippen LogP contribution is 2.44. The van der Waals surface area contributed by atoms with Crippen LogP contribution in [-0.2, 0) is 11.3 Å². The standard InChI is InChI=1S/C19H26N4O/c1-13-11-16(14(2)22(13)10-9-20)17-21-19(7-3-4-8-19)18(24)23(17)12-15-5-6-15/h11,15,17,21H,3-8,10,12H2,1-2H3. The van der Waals surface area contributed by atoms with Crippen LogP contribution in [0.3, 0.4) is 0 Å². The summed E-state index contributed by atoms with van der Waals surface area (Å²) in [7, 11) is 0. The third kappa shape index (κ3) is 2.36. The molecule has 24 heavy (non-hydrogen) atoms. The lowest BCUT2D eigenvalue weighted by Crippen LogP contribution is -2.44. The minimum atomic E-state index is -0.336. The summed E-state index contributed by atoms with van der Waals surface area (Å²) < 4.78 is 2.05. The molecule has 1 aromatic heterocycles. The van der Waals surface area contributed by atoms with Crippen molar-refractivity contribution in [2.24, 2.45) is 5.92 Å². The van der Waals surface area contributed by atoms with Crippen LogP contribution in [0.15, 0.2) is 6.07 Å². The van der Waals surface area contributed by atoms with Crippen LogP contribution in [-0.4, -0.2) is 27.5 Å². The molecule has 0 aromatic carbocycles. The number of carbonyl (C=O) groups is 1. The van der Waals surface area contributed by atoms with Gasteiger partial charge in [-0.05, 0) is 51.5 Å². The van der Waals surface area contributed by atoms with Crippen molar-refractivity contribution in [3.63, 3.8) is 0 Å². The van der Waals surface area contributed by atoms with Crippen LogP contribution in [0.2, 0.25) is 0 Å². The average Bonchev–Trinajstić information content (AvgIpc) is 3.10. The van der Waals surface area contributed by atoms with E-state index >= 15 is 0 Å². The topological polar surface area (TPSA) is 61.1 Å². The summed E-state index contributed by atoms with van der Waals surface area (Å²) in [5, 5.41) is 12.8. The summed E-state index contributed by atoms with van der Waals surface area (Å²) in [5.41, 5.74) is 3.03. The number of nitriles is 1. The Hall–Kier alpha value is -1.80. The first-order valence-electron chi connectivity index (χ1n) is 9.18. The highest BCUT2D eigenvalue weighted by Gasteiger charge is 2.53. The van der Waals surface area contributed by atoms with Crippen molar-refractivity contribution in [3.8, 4) is 6.07 Å². The quantitative estimate of drug-likeness (QED) is 0.925. The summed E-state index contributed by atoms with van der Waals surface area (Å²) in [5.74, 6) is 0.986. The number of aromatic nitrogens is 1. The molecule has 1 aliphatic heterocycles. The van der Waals surface area contributed by atoms with Gasteiger partial charge in [-0.25, -0.2) is 0 Å². The zero-order chi connectivity index (χ0) is 16.9. The molecule has 128 valence electrons. The van der Waals surface area contributed by atoms with Crippen LogP contribution in [0.4, 0.5) is 0 Å². The van der Waals surface area contributed by atoms with Crippen molar-refractivity contribution in [1.29, 1.82) is 5.26 Å². The number of hydrogen-bond acceptors (Lipinski definition) is 3. The van der Waals surface area contributed by atoms with E-state index in [2.05, 4.69) is 33.8 Å². The Balaban J connectivity index is 1.71. The second-order valence-corrected chi connectivity index (χ2v) is 7.81. The monoisotopic (exact) mass is 326 g/mol. The van der Waals surface area contributed by atoms with Gasteiger partial charge >= 0.3 is 0 Å². The smallest absolute Gasteiger partial charge is 0.244 e. The number of carbonyl (C=O) groups excluding carboxylic acids is 1. The van der Waals surface area contributed by atoms with Gasteiger partial charge in [-0.15, -0.1) is 0 Å². The van der Waals surface area contributed by atoms with Gasteiger partial charge in [0.25, 0.3) is 0 Å². The molecule has 1 aromatic rings. The summed E-state index contributed by atoms with van der Waals surface area (Å²) >= 11 is 0. The Morgan fingerprint density at radius 1 is 1.33 bits per heavy atom. The van der Waals surface area contributed by atoms with Gasteiger partial charge in [0.2, 0.25) is 5.91 Å². The molecule has 2 saturated carbocycles. The van der Waals surface area contributed by atoms with Crippen LogP contribution in [0.5, 0.6) is 0 Å². The van der Waals surface area contributed by atoms with Crippen molar-refractivity contribution in [2.75, 3.05) is 6.54 Å². The van der Waals surface area contributed by atoms with Crippen LogP contribution in [0.1, 0.15) is 61.6 Å². The number of hydrogen-bond donors (Lipinski definition) is 1. The molecule has 1 saturated heterocycles. The van der Waals surface area contributed by atoms with E-state index in [0.717, 1.165) is 43.6 Å².